The Morgan fingerprint density at radius 2 is 1.83 bits per heavy atom. The molecule has 0 aliphatic heterocycles. The van der Waals surface area contributed by atoms with Gasteiger partial charge in [-0.2, -0.15) is 5.10 Å². The van der Waals surface area contributed by atoms with Gasteiger partial charge in [0.25, 0.3) is 0 Å². The first kappa shape index (κ1) is 13.4. The number of nitrogens with zero attached hydrogens (tertiary/aromatic N) is 2. The van der Waals surface area contributed by atoms with Crippen LogP contribution in [0.2, 0.25) is 0 Å². The van der Waals surface area contributed by atoms with Gasteiger partial charge in [-0.3, -0.25) is 4.68 Å². The van der Waals surface area contributed by atoms with Gasteiger partial charge >= 0.3 is 0 Å². The summed E-state index contributed by atoms with van der Waals surface area (Å²) in [4.78, 5) is 0. The van der Waals surface area contributed by atoms with Crippen LogP contribution >= 0.6 is 0 Å². The first-order valence-corrected chi connectivity index (χ1v) is 7.13. The van der Waals surface area contributed by atoms with E-state index >= 15 is 0 Å². The Balaban J connectivity index is 1.89. The summed E-state index contributed by atoms with van der Waals surface area (Å²) in [5.74, 6) is 0.880. The number of nitrogens with one attached hydrogen (secondary N) is 1. The summed E-state index contributed by atoms with van der Waals surface area (Å²) in [6.07, 6.45) is 7.36. The topological polar surface area (TPSA) is 29.9 Å². The maximum absolute atomic E-state index is 4.38. The van der Waals surface area contributed by atoms with Crippen molar-refractivity contribution in [3.8, 4) is 0 Å². The molecule has 0 radical (unpaired) electrons. The lowest BCUT2D eigenvalue weighted by Crippen LogP contribution is -2.31. The molecule has 102 valence electrons. The average molecular weight is 249 g/mol. The zero-order valence-electron chi connectivity index (χ0n) is 12.5. The van der Waals surface area contributed by atoms with Crippen LogP contribution in [-0.2, 0) is 7.05 Å². The molecule has 1 fully saturated rings. The van der Waals surface area contributed by atoms with Gasteiger partial charge in [0, 0.05) is 19.3 Å². The molecular formula is C15H27N3. The summed E-state index contributed by atoms with van der Waals surface area (Å²) >= 11 is 0. The van der Waals surface area contributed by atoms with E-state index in [1.54, 1.807) is 0 Å². The first-order chi connectivity index (χ1) is 8.36. The summed E-state index contributed by atoms with van der Waals surface area (Å²) in [7, 11) is 1.98. The molecule has 1 aromatic rings. The lowest BCUT2D eigenvalue weighted by Gasteiger charge is -2.37. The number of hydrogen-bond donors (Lipinski definition) is 1. The highest BCUT2D eigenvalue weighted by Crippen LogP contribution is 2.38. The fourth-order valence-electron chi connectivity index (χ4n) is 3.06. The van der Waals surface area contributed by atoms with Crippen molar-refractivity contribution >= 4 is 5.69 Å². The molecule has 0 aromatic carbocycles. The molecule has 18 heavy (non-hydrogen) atoms. The molecule has 1 aliphatic rings. The highest BCUT2D eigenvalue weighted by molar-refractivity contribution is 5.46. The van der Waals surface area contributed by atoms with Crippen molar-refractivity contribution < 1.29 is 0 Å². The van der Waals surface area contributed by atoms with Crippen LogP contribution in [0.1, 0.15) is 52.1 Å². The number of aryl methyl sites for hydroxylation is 2. The molecule has 3 heteroatoms. The molecule has 1 aliphatic carbocycles. The molecule has 3 nitrogen and oxygen atoms in total. The van der Waals surface area contributed by atoms with Crippen LogP contribution in [0.15, 0.2) is 6.20 Å². The smallest absolute Gasteiger partial charge is 0.0825 e. The largest absolute Gasteiger partial charge is 0.380 e. The van der Waals surface area contributed by atoms with Gasteiger partial charge in [-0.15, -0.1) is 0 Å². The number of rotatable bonds is 2. The monoisotopic (exact) mass is 249 g/mol. The van der Waals surface area contributed by atoms with Gasteiger partial charge in [-0.05, 0) is 43.9 Å². The van der Waals surface area contributed by atoms with Crippen molar-refractivity contribution in [1.82, 2.24) is 9.78 Å². The normalized spacial score (nSPS) is 25.2. The minimum atomic E-state index is 0.467. The Labute approximate surface area is 111 Å². The quantitative estimate of drug-likeness (QED) is 0.865. The Morgan fingerprint density at radius 1 is 1.22 bits per heavy atom. The van der Waals surface area contributed by atoms with Crippen molar-refractivity contribution in [1.29, 1.82) is 0 Å². The van der Waals surface area contributed by atoms with Gasteiger partial charge in [-0.25, -0.2) is 0 Å². The summed E-state index contributed by atoms with van der Waals surface area (Å²) in [6.45, 7) is 9.19. The fourth-order valence-corrected chi connectivity index (χ4v) is 3.06. The predicted octanol–water partition coefficient (Wildman–Crippen LogP) is 3.75. The van der Waals surface area contributed by atoms with Crippen LogP contribution in [0, 0.1) is 18.3 Å². The van der Waals surface area contributed by atoms with E-state index in [-0.39, 0.29) is 0 Å². The zero-order valence-corrected chi connectivity index (χ0v) is 12.5. The van der Waals surface area contributed by atoms with E-state index in [9.17, 15) is 0 Å². The van der Waals surface area contributed by atoms with E-state index in [1.165, 1.54) is 31.4 Å². The van der Waals surface area contributed by atoms with E-state index in [4.69, 9.17) is 0 Å². The Bertz CT molecular complexity index is 392. The van der Waals surface area contributed by atoms with Gasteiger partial charge in [0.1, 0.15) is 0 Å². The third-order valence-corrected chi connectivity index (χ3v) is 4.33. The molecule has 1 heterocycles. The fraction of sp³-hybridized carbons (Fsp3) is 0.800. The maximum Gasteiger partial charge on any atom is 0.0825 e. The van der Waals surface area contributed by atoms with E-state index in [0.717, 1.165) is 11.6 Å². The summed E-state index contributed by atoms with van der Waals surface area (Å²) in [5.41, 5.74) is 2.78. The molecule has 1 aromatic heterocycles. The lowest BCUT2D eigenvalue weighted by molar-refractivity contribution is 0.173. The lowest BCUT2D eigenvalue weighted by atomic mass is 9.71. The SMILES string of the molecule is Cc1nn(C)cc1NC1CCC(C(C)(C)C)CC1. The first-order valence-electron chi connectivity index (χ1n) is 7.13. The molecule has 0 atom stereocenters. The van der Waals surface area contributed by atoms with Crippen molar-refractivity contribution in [2.45, 2.75) is 59.4 Å². The van der Waals surface area contributed by atoms with Gasteiger partial charge in [0.2, 0.25) is 0 Å². The van der Waals surface area contributed by atoms with Crippen LogP contribution in [0.3, 0.4) is 0 Å². The molecule has 2 rings (SSSR count). The van der Waals surface area contributed by atoms with Crippen LogP contribution in [0.4, 0.5) is 5.69 Å². The molecule has 0 bridgehead atoms. The van der Waals surface area contributed by atoms with Gasteiger partial charge in [0.15, 0.2) is 0 Å². The van der Waals surface area contributed by atoms with Crippen molar-refractivity contribution in [2.24, 2.45) is 18.4 Å². The number of hydrogen-bond acceptors (Lipinski definition) is 2. The third-order valence-electron chi connectivity index (χ3n) is 4.33. The maximum atomic E-state index is 4.38. The van der Waals surface area contributed by atoms with Gasteiger partial charge in [0.05, 0.1) is 11.4 Å². The van der Waals surface area contributed by atoms with Crippen LogP contribution in [0.25, 0.3) is 0 Å². The van der Waals surface area contributed by atoms with Crippen LogP contribution in [0.5, 0.6) is 0 Å². The van der Waals surface area contributed by atoms with Crippen LogP contribution in [-0.4, -0.2) is 15.8 Å². The Hall–Kier alpha value is -0.990. The standard InChI is InChI=1S/C15H27N3/c1-11-14(10-18(5)17-11)16-13-8-6-12(7-9-13)15(2,3)4/h10,12-13,16H,6-9H2,1-5H3. The number of anilines is 1. The second-order valence-electron chi connectivity index (χ2n) is 6.86. The average Bonchev–Trinajstić information content (AvgIpc) is 2.57. The highest BCUT2D eigenvalue weighted by atomic mass is 15.3. The van der Waals surface area contributed by atoms with E-state index in [2.05, 4.69) is 44.3 Å². The van der Waals surface area contributed by atoms with Crippen molar-refractivity contribution in [2.75, 3.05) is 5.32 Å². The van der Waals surface area contributed by atoms with Crippen molar-refractivity contribution in [3.05, 3.63) is 11.9 Å². The minimum Gasteiger partial charge on any atom is -0.380 e. The van der Waals surface area contributed by atoms with E-state index in [1.807, 2.05) is 11.7 Å². The molecule has 0 spiro atoms. The second-order valence-corrected chi connectivity index (χ2v) is 6.86. The van der Waals surface area contributed by atoms with E-state index < -0.39 is 0 Å². The zero-order chi connectivity index (χ0) is 13.3. The minimum absolute atomic E-state index is 0.467. The van der Waals surface area contributed by atoms with Gasteiger partial charge < -0.3 is 5.32 Å². The molecule has 1 N–H and O–H groups in total. The predicted molar refractivity (Wildman–Crippen MR) is 76.8 cm³/mol. The second kappa shape index (κ2) is 4.94. The van der Waals surface area contributed by atoms with E-state index in [0.29, 0.717) is 11.5 Å². The highest BCUT2D eigenvalue weighted by Gasteiger charge is 2.29. The van der Waals surface area contributed by atoms with Gasteiger partial charge in [-0.1, -0.05) is 20.8 Å². The molecular weight excluding hydrogens is 222 g/mol. The molecule has 0 saturated heterocycles. The Morgan fingerprint density at radius 3 is 2.28 bits per heavy atom. The summed E-state index contributed by atoms with van der Waals surface area (Å²) in [6, 6.07) is 0.631. The Kier molecular flexibility index (Phi) is 3.69. The third kappa shape index (κ3) is 3.06. The summed E-state index contributed by atoms with van der Waals surface area (Å²) in [5, 5.41) is 8.04. The number of aromatic nitrogens is 2. The van der Waals surface area contributed by atoms with Crippen molar-refractivity contribution in [3.63, 3.8) is 0 Å². The summed E-state index contributed by atoms with van der Waals surface area (Å²) < 4.78 is 1.89. The molecule has 1 saturated carbocycles. The molecule has 0 unspecified atom stereocenters. The van der Waals surface area contributed by atoms with Crippen LogP contribution < -0.4 is 5.32 Å². The molecule has 0 amide bonds.